The van der Waals surface area contributed by atoms with Crippen molar-refractivity contribution in [1.29, 1.82) is 0 Å². The Morgan fingerprint density at radius 3 is 2.90 bits per heavy atom. The largest absolute Gasteiger partial charge is 0.476 e. The predicted octanol–water partition coefficient (Wildman–Crippen LogP) is 2.18. The fraction of sp³-hybridized carbons (Fsp3) is 0.667. The van der Waals surface area contributed by atoms with E-state index in [1.54, 1.807) is 0 Å². The van der Waals surface area contributed by atoms with Gasteiger partial charge < -0.3 is 15.2 Å². The minimum Gasteiger partial charge on any atom is -0.476 e. The van der Waals surface area contributed by atoms with Gasteiger partial charge in [-0.15, -0.1) is 0 Å². The summed E-state index contributed by atoms with van der Waals surface area (Å²) < 4.78 is 5.70. The molecule has 0 amide bonds. The summed E-state index contributed by atoms with van der Waals surface area (Å²) in [4.78, 5) is 19.2. The van der Waals surface area contributed by atoms with Crippen LogP contribution < -0.4 is 5.32 Å². The lowest BCUT2D eigenvalue weighted by atomic mass is 9.71. The van der Waals surface area contributed by atoms with E-state index < -0.39 is 5.97 Å². The number of nitrogens with zero attached hydrogens (tertiary/aromatic N) is 2. The van der Waals surface area contributed by atoms with Crippen LogP contribution in [0.3, 0.4) is 0 Å². The van der Waals surface area contributed by atoms with E-state index in [4.69, 9.17) is 9.84 Å². The van der Waals surface area contributed by atoms with Crippen LogP contribution in [0.25, 0.3) is 0 Å². The predicted molar refractivity (Wildman–Crippen MR) is 77.3 cm³/mol. The molecule has 2 fully saturated rings. The third-order valence-electron chi connectivity index (χ3n) is 4.88. The lowest BCUT2D eigenvalue weighted by Gasteiger charge is -2.41. The van der Waals surface area contributed by atoms with Crippen LogP contribution in [0, 0.1) is 11.3 Å². The van der Waals surface area contributed by atoms with Crippen molar-refractivity contribution in [2.45, 2.75) is 32.1 Å². The third-order valence-corrected chi connectivity index (χ3v) is 4.88. The average Bonchev–Trinajstić information content (AvgIpc) is 2.96. The Morgan fingerprint density at radius 1 is 1.38 bits per heavy atom. The maximum Gasteiger partial charge on any atom is 0.358 e. The van der Waals surface area contributed by atoms with Crippen LogP contribution in [-0.4, -0.2) is 40.8 Å². The number of hydrogen-bond donors (Lipinski definition) is 2. The number of ether oxygens (including phenoxy) is 1. The number of carboxylic acid groups (broad SMARTS) is 1. The first-order valence-corrected chi connectivity index (χ1v) is 7.57. The van der Waals surface area contributed by atoms with Crippen LogP contribution in [0.4, 0.5) is 5.82 Å². The van der Waals surface area contributed by atoms with E-state index in [2.05, 4.69) is 15.3 Å². The first-order chi connectivity index (χ1) is 10.2. The van der Waals surface area contributed by atoms with E-state index in [1.807, 2.05) is 0 Å². The van der Waals surface area contributed by atoms with Crippen molar-refractivity contribution < 1.29 is 14.6 Å². The number of nitrogens with one attached hydrogen (secondary N) is 1. The SMILES string of the molecule is O=C(O)c1nccnc1NCC1CCOCC12CCCC2. The molecule has 114 valence electrons. The van der Waals surface area contributed by atoms with E-state index in [0.717, 1.165) is 26.2 Å². The van der Waals surface area contributed by atoms with Gasteiger partial charge in [0.2, 0.25) is 0 Å². The highest BCUT2D eigenvalue weighted by atomic mass is 16.5. The van der Waals surface area contributed by atoms with Crippen molar-refractivity contribution in [1.82, 2.24) is 9.97 Å². The molecule has 1 atom stereocenters. The number of anilines is 1. The quantitative estimate of drug-likeness (QED) is 0.884. The molecule has 2 heterocycles. The van der Waals surface area contributed by atoms with Gasteiger partial charge in [0.25, 0.3) is 0 Å². The van der Waals surface area contributed by atoms with Crippen molar-refractivity contribution in [3.05, 3.63) is 18.1 Å². The van der Waals surface area contributed by atoms with Gasteiger partial charge >= 0.3 is 5.97 Å². The molecule has 1 spiro atoms. The zero-order chi connectivity index (χ0) is 14.7. The molecule has 0 radical (unpaired) electrons. The fourth-order valence-corrected chi connectivity index (χ4v) is 3.72. The normalized spacial score (nSPS) is 24.1. The minimum atomic E-state index is -1.05. The molecule has 3 rings (SSSR count). The highest BCUT2D eigenvalue weighted by molar-refractivity contribution is 5.90. The molecule has 1 aliphatic heterocycles. The Labute approximate surface area is 123 Å². The van der Waals surface area contributed by atoms with Gasteiger partial charge in [0, 0.05) is 25.5 Å². The number of hydrogen-bond acceptors (Lipinski definition) is 5. The number of aromatic carboxylic acids is 1. The minimum absolute atomic E-state index is 0.00923. The molecule has 1 aromatic heterocycles. The maximum absolute atomic E-state index is 11.2. The van der Waals surface area contributed by atoms with Crippen molar-refractivity contribution in [2.24, 2.45) is 11.3 Å². The zero-order valence-electron chi connectivity index (χ0n) is 12.0. The van der Waals surface area contributed by atoms with Gasteiger partial charge in [0.15, 0.2) is 11.5 Å². The van der Waals surface area contributed by atoms with Gasteiger partial charge in [-0.05, 0) is 30.6 Å². The van der Waals surface area contributed by atoms with Crippen molar-refractivity contribution in [3.63, 3.8) is 0 Å². The summed E-state index contributed by atoms with van der Waals surface area (Å²) in [7, 11) is 0. The molecule has 2 aliphatic rings. The van der Waals surface area contributed by atoms with Gasteiger partial charge in [-0.1, -0.05) is 12.8 Å². The summed E-state index contributed by atoms with van der Waals surface area (Å²) in [5.41, 5.74) is 0.265. The number of aromatic nitrogens is 2. The van der Waals surface area contributed by atoms with Crippen LogP contribution in [0.2, 0.25) is 0 Å². The number of carbonyl (C=O) groups is 1. The first-order valence-electron chi connectivity index (χ1n) is 7.57. The molecule has 1 unspecified atom stereocenters. The summed E-state index contributed by atoms with van der Waals surface area (Å²) in [6.07, 6.45) is 8.91. The number of carboxylic acids is 1. The molecule has 1 aliphatic carbocycles. The Bertz CT molecular complexity index is 515. The molecule has 1 saturated carbocycles. The molecule has 6 heteroatoms. The highest BCUT2D eigenvalue weighted by Gasteiger charge is 2.43. The molecular formula is C15H21N3O3. The van der Waals surface area contributed by atoms with Gasteiger partial charge in [0.1, 0.15) is 0 Å². The van der Waals surface area contributed by atoms with Crippen molar-refractivity contribution >= 4 is 11.8 Å². The molecule has 21 heavy (non-hydrogen) atoms. The van der Waals surface area contributed by atoms with Crippen molar-refractivity contribution in [3.8, 4) is 0 Å². The van der Waals surface area contributed by atoms with E-state index in [9.17, 15) is 4.79 Å². The van der Waals surface area contributed by atoms with Gasteiger partial charge in [-0.2, -0.15) is 0 Å². The van der Waals surface area contributed by atoms with Crippen LogP contribution in [0.5, 0.6) is 0 Å². The van der Waals surface area contributed by atoms with E-state index in [0.29, 0.717) is 11.7 Å². The standard InChI is InChI=1S/C15H21N3O3/c19-14(20)12-13(17-7-6-16-12)18-9-11-3-8-21-10-15(11)4-1-2-5-15/h6-7,11H,1-5,8-10H2,(H,17,18)(H,19,20). The third kappa shape index (κ3) is 2.85. The van der Waals surface area contributed by atoms with Gasteiger partial charge in [-0.25, -0.2) is 14.8 Å². The van der Waals surface area contributed by atoms with Gasteiger partial charge in [0.05, 0.1) is 6.61 Å². The Hall–Kier alpha value is -1.69. The summed E-state index contributed by atoms with van der Waals surface area (Å²) in [5.74, 6) is -0.171. The summed E-state index contributed by atoms with van der Waals surface area (Å²) in [5, 5.41) is 12.4. The summed E-state index contributed by atoms with van der Waals surface area (Å²) in [6, 6.07) is 0. The lowest BCUT2D eigenvalue weighted by molar-refractivity contribution is -0.0440. The van der Waals surface area contributed by atoms with Crippen molar-refractivity contribution in [2.75, 3.05) is 25.1 Å². The first kappa shape index (κ1) is 14.3. The molecule has 0 bridgehead atoms. The monoisotopic (exact) mass is 291 g/mol. The Morgan fingerprint density at radius 2 is 2.14 bits per heavy atom. The number of rotatable bonds is 4. The molecule has 1 aromatic rings. The molecule has 1 saturated heterocycles. The second-order valence-corrected chi connectivity index (χ2v) is 6.05. The maximum atomic E-state index is 11.2. The lowest BCUT2D eigenvalue weighted by Crippen LogP contribution is -2.41. The second kappa shape index (κ2) is 5.97. The topological polar surface area (TPSA) is 84.3 Å². The molecule has 2 N–H and O–H groups in total. The average molecular weight is 291 g/mol. The fourth-order valence-electron chi connectivity index (χ4n) is 3.72. The zero-order valence-corrected chi connectivity index (χ0v) is 12.0. The van der Waals surface area contributed by atoms with Crippen LogP contribution >= 0.6 is 0 Å². The van der Waals surface area contributed by atoms with Crippen LogP contribution in [-0.2, 0) is 4.74 Å². The van der Waals surface area contributed by atoms with Gasteiger partial charge in [-0.3, -0.25) is 0 Å². The van der Waals surface area contributed by atoms with Crippen LogP contribution in [0.1, 0.15) is 42.6 Å². The molecule has 0 aromatic carbocycles. The van der Waals surface area contributed by atoms with E-state index in [1.165, 1.54) is 38.1 Å². The van der Waals surface area contributed by atoms with E-state index in [-0.39, 0.29) is 11.1 Å². The van der Waals surface area contributed by atoms with Crippen LogP contribution in [0.15, 0.2) is 12.4 Å². The Balaban J connectivity index is 1.70. The molecular weight excluding hydrogens is 270 g/mol. The highest BCUT2D eigenvalue weighted by Crippen LogP contribution is 2.47. The van der Waals surface area contributed by atoms with E-state index >= 15 is 0 Å². The Kier molecular flexibility index (Phi) is 4.05. The second-order valence-electron chi connectivity index (χ2n) is 6.05. The molecule has 6 nitrogen and oxygen atoms in total. The summed E-state index contributed by atoms with van der Waals surface area (Å²) in [6.45, 7) is 2.37. The smallest absolute Gasteiger partial charge is 0.358 e. The summed E-state index contributed by atoms with van der Waals surface area (Å²) >= 11 is 0.